The Balaban J connectivity index is 0.000000350. The van der Waals surface area contributed by atoms with Crippen LogP contribution in [-0.4, -0.2) is 102 Å². The van der Waals surface area contributed by atoms with Gasteiger partial charge in [0.15, 0.2) is 0 Å². The number of phosphoric acid groups is 1. The van der Waals surface area contributed by atoms with Crippen molar-refractivity contribution in [3.05, 3.63) is 32.6 Å². The molecule has 15 nitrogen and oxygen atoms in total. The summed E-state index contributed by atoms with van der Waals surface area (Å²) in [7, 11) is -4.67. The van der Waals surface area contributed by atoms with E-state index in [-0.39, 0.29) is 44.9 Å². The Kier molecular flexibility index (Phi) is 15.4. The van der Waals surface area contributed by atoms with E-state index in [1.165, 1.54) is 32.4 Å². The first-order chi connectivity index (χ1) is 18.7. The highest BCUT2D eigenvalue weighted by Crippen LogP contribution is 2.38. The molecule has 0 radical (unpaired) electrons. The van der Waals surface area contributed by atoms with Crippen LogP contribution in [0.3, 0.4) is 0 Å². The number of aromatic amines is 1. The monoisotopic (exact) mass is 600 g/mol. The van der Waals surface area contributed by atoms with Crippen LogP contribution < -0.4 is 11.2 Å². The summed E-state index contributed by atoms with van der Waals surface area (Å²) < 4.78 is 21.4. The molecular formula is C24H45N2O13P. The summed E-state index contributed by atoms with van der Waals surface area (Å²) >= 11 is 0. The lowest BCUT2D eigenvalue weighted by Crippen LogP contribution is -2.33. The van der Waals surface area contributed by atoms with Gasteiger partial charge in [-0.3, -0.25) is 18.9 Å². The van der Waals surface area contributed by atoms with Crippen LogP contribution in [0.1, 0.15) is 63.7 Å². The summed E-state index contributed by atoms with van der Waals surface area (Å²) in [4.78, 5) is 42.3. The number of phosphoric ester groups is 1. The molecule has 234 valence electrons. The predicted octanol–water partition coefficient (Wildman–Crippen LogP) is -1.12. The van der Waals surface area contributed by atoms with Crippen LogP contribution in [-0.2, 0) is 13.8 Å². The molecule has 1 saturated carbocycles. The lowest BCUT2D eigenvalue weighted by atomic mass is 9.75. The number of aliphatic hydroxyl groups excluding tert-OH is 6. The van der Waals surface area contributed by atoms with Gasteiger partial charge < -0.3 is 45.2 Å². The average Bonchev–Trinajstić information content (AvgIpc) is 3.32. The highest BCUT2D eigenvalue weighted by molar-refractivity contribution is 7.46. The summed E-state index contributed by atoms with van der Waals surface area (Å²) in [5.74, 6) is 0. The first-order valence-electron chi connectivity index (χ1n) is 13.1. The van der Waals surface area contributed by atoms with Crippen molar-refractivity contribution in [2.24, 2.45) is 10.8 Å². The smallest absolute Gasteiger partial charge is 0.396 e. The van der Waals surface area contributed by atoms with E-state index in [4.69, 9.17) is 40.1 Å². The zero-order valence-corrected chi connectivity index (χ0v) is 23.9. The van der Waals surface area contributed by atoms with E-state index in [9.17, 15) is 19.3 Å². The van der Waals surface area contributed by atoms with Gasteiger partial charge in [-0.15, -0.1) is 0 Å². The lowest BCUT2D eigenvalue weighted by molar-refractivity contribution is -0.0451. The molecule has 1 aliphatic carbocycles. The normalized spacial score (nSPS) is 22.6. The highest BCUT2D eigenvalue weighted by Gasteiger charge is 2.37. The van der Waals surface area contributed by atoms with Gasteiger partial charge in [0.25, 0.3) is 5.56 Å². The Hall–Kier alpha value is -1.49. The number of nitrogens with one attached hydrogen (secondary N) is 1. The predicted molar refractivity (Wildman–Crippen MR) is 142 cm³/mol. The summed E-state index contributed by atoms with van der Waals surface area (Å²) in [6.07, 6.45) is 4.63. The van der Waals surface area contributed by atoms with Gasteiger partial charge in [-0.2, -0.15) is 0 Å². The van der Waals surface area contributed by atoms with Crippen molar-refractivity contribution in [1.29, 1.82) is 0 Å². The second-order valence-electron chi connectivity index (χ2n) is 10.4. The average molecular weight is 601 g/mol. The minimum Gasteiger partial charge on any atom is -0.396 e. The Labute approximate surface area is 232 Å². The van der Waals surface area contributed by atoms with Crippen molar-refractivity contribution in [3.63, 3.8) is 0 Å². The molecule has 3 rings (SSSR count). The molecule has 0 spiro atoms. The van der Waals surface area contributed by atoms with Crippen molar-refractivity contribution in [3.8, 4) is 0 Å². The largest absolute Gasteiger partial charge is 0.469 e. The second-order valence-corrected chi connectivity index (χ2v) is 11.6. The second kappa shape index (κ2) is 16.8. The molecule has 1 aliphatic heterocycles. The van der Waals surface area contributed by atoms with Crippen LogP contribution >= 0.6 is 7.82 Å². The minimum atomic E-state index is -4.67. The molecular weight excluding hydrogens is 555 g/mol. The Morgan fingerprint density at radius 2 is 1.62 bits per heavy atom. The number of aliphatic hydroxyl groups is 6. The molecule has 2 aliphatic rings. The number of aromatic nitrogens is 2. The first-order valence-corrected chi connectivity index (χ1v) is 14.7. The topological polar surface area (TPSA) is 252 Å². The molecule has 16 heteroatoms. The van der Waals surface area contributed by atoms with E-state index in [1.54, 1.807) is 0 Å². The third-order valence-corrected chi connectivity index (χ3v) is 7.89. The van der Waals surface area contributed by atoms with Crippen molar-refractivity contribution < 1.29 is 54.3 Å². The number of H-pyrrole nitrogens is 1. The lowest BCUT2D eigenvalue weighted by Gasteiger charge is -2.33. The minimum absolute atomic E-state index is 0.0283. The van der Waals surface area contributed by atoms with Crippen molar-refractivity contribution in [1.82, 2.24) is 9.55 Å². The summed E-state index contributed by atoms with van der Waals surface area (Å²) in [5, 5.41) is 53.7. The number of aryl methyl sites for hydroxylation is 1. The fourth-order valence-corrected chi connectivity index (χ4v) is 4.50. The Morgan fingerprint density at radius 1 is 1.07 bits per heavy atom. The van der Waals surface area contributed by atoms with Crippen molar-refractivity contribution in [2.75, 3.05) is 39.6 Å². The van der Waals surface area contributed by atoms with E-state index in [0.29, 0.717) is 12.0 Å². The van der Waals surface area contributed by atoms with Crippen LogP contribution in [0.5, 0.6) is 0 Å². The number of ether oxygens (including phenoxy) is 1. The van der Waals surface area contributed by atoms with E-state index < -0.39 is 49.5 Å². The Bertz CT molecular complexity index is 1010. The van der Waals surface area contributed by atoms with Gasteiger partial charge in [0.05, 0.1) is 45.7 Å². The van der Waals surface area contributed by atoms with Crippen molar-refractivity contribution in [2.45, 2.75) is 77.2 Å². The van der Waals surface area contributed by atoms with Crippen LogP contribution in [0, 0.1) is 17.8 Å². The molecule has 0 bridgehead atoms. The molecule has 3 atom stereocenters. The van der Waals surface area contributed by atoms with Gasteiger partial charge in [-0.25, -0.2) is 9.36 Å². The van der Waals surface area contributed by atoms with Crippen LogP contribution in [0.2, 0.25) is 0 Å². The molecule has 40 heavy (non-hydrogen) atoms. The summed E-state index contributed by atoms with van der Waals surface area (Å²) in [6.45, 7) is 2.66. The molecule has 1 aromatic heterocycles. The van der Waals surface area contributed by atoms with E-state index >= 15 is 0 Å². The standard InChI is InChI=1S/C10H15N2O8P.C8H16O2.C6H14O3/c1-5-3-12(10(15)11-9(5)14)8-2-6(13)7(20-8)4-19-21(16,17)18;9-6-8(7-10)4-2-1-3-5-8;1-2-6(3-7,4-8)5-9/h3,6-8,13H,2,4H2,1H3,(H,11,14,15)(H2,16,17,18);9-10H,1-7H2;7-9H,2-5H2,1H3/t6-,7+,8+;;/m0../s1. The molecule has 1 saturated heterocycles. The van der Waals surface area contributed by atoms with Gasteiger partial charge in [0, 0.05) is 29.0 Å². The van der Waals surface area contributed by atoms with Gasteiger partial charge in [0.1, 0.15) is 12.3 Å². The maximum atomic E-state index is 11.7. The van der Waals surface area contributed by atoms with Crippen LogP contribution in [0.25, 0.3) is 0 Å². The third-order valence-electron chi connectivity index (χ3n) is 7.41. The number of hydrogen-bond acceptors (Lipinski definition) is 11. The fourth-order valence-electron chi connectivity index (χ4n) is 4.16. The number of hydrogen-bond donors (Lipinski definition) is 9. The molecule has 1 aromatic rings. The van der Waals surface area contributed by atoms with Crippen LogP contribution in [0.4, 0.5) is 0 Å². The molecule has 2 heterocycles. The van der Waals surface area contributed by atoms with E-state index in [1.807, 2.05) is 6.92 Å². The summed E-state index contributed by atoms with van der Waals surface area (Å²) in [5.41, 5.74) is -1.71. The molecule has 0 unspecified atom stereocenters. The highest BCUT2D eigenvalue weighted by atomic mass is 31.2. The van der Waals surface area contributed by atoms with Crippen LogP contribution in [0.15, 0.2) is 15.8 Å². The van der Waals surface area contributed by atoms with Gasteiger partial charge in [-0.05, 0) is 26.2 Å². The first kappa shape index (κ1) is 36.5. The Morgan fingerprint density at radius 3 is 2.02 bits per heavy atom. The maximum absolute atomic E-state index is 11.7. The van der Waals surface area contributed by atoms with E-state index in [2.05, 4.69) is 9.51 Å². The zero-order valence-electron chi connectivity index (χ0n) is 23.0. The molecule has 9 N–H and O–H groups in total. The number of nitrogens with zero attached hydrogens (tertiary/aromatic N) is 1. The van der Waals surface area contributed by atoms with Crippen molar-refractivity contribution >= 4 is 7.82 Å². The maximum Gasteiger partial charge on any atom is 0.469 e. The number of rotatable bonds is 10. The molecule has 2 fully saturated rings. The fraction of sp³-hybridized carbons (Fsp3) is 0.833. The quantitative estimate of drug-likeness (QED) is 0.145. The molecule has 0 amide bonds. The van der Waals surface area contributed by atoms with Gasteiger partial charge >= 0.3 is 13.5 Å². The third kappa shape index (κ3) is 11.1. The van der Waals surface area contributed by atoms with E-state index in [0.717, 1.165) is 17.4 Å². The molecule has 0 aromatic carbocycles. The van der Waals surface area contributed by atoms with Gasteiger partial charge in [0.2, 0.25) is 0 Å². The van der Waals surface area contributed by atoms with Gasteiger partial charge in [-0.1, -0.05) is 26.2 Å². The summed E-state index contributed by atoms with van der Waals surface area (Å²) in [6, 6.07) is 0. The SMILES string of the molecule is CCC(CO)(CO)CO.Cc1cn([C@H]2C[C@H](O)[C@@H](COP(=O)(O)O)O2)c(=O)[nH]c1=O.OCC1(CO)CCCCC1. The zero-order chi connectivity index (χ0) is 30.6.